The summed E-state index contributed by atoms with van der Waals surface area (Å²) in [5.41, 5.74) is 1.68. The number of hydrogen-bond donors (Lipinski definition) is 1. The zero-order chi connectivity index (χ0) is 35.4. The first-order chi connectivity index (χ1) is 23.7. The van der Waals surface area contributed by atoms with Crippen molar-refractivity contribution in [1.29, 1.82) is 0 Å². The van der Waals surface area contributed by atoms with Crippen LogP contribution in [-0.2, 0) is 32.6 Å². The Morgan fingerprint density at radius 3 is 1.94 bits per heavy atom. The van der Waals surface area contributed by atoms with Gasteiger partial charge in [0.2, 0.25) is 11.8 Å². The fourth-order valence-electron chi connectivity index (χ4n) is 5.31. The Labute approximate surface area is 288 Å². The molecule has 0 radical (unpaired) electrons. The van der Waals surface area contributed by atoms with Gasteiger partial charge in [0.05, 0.1) is 39.0 Å². The number of benzene rings is 4. The first kappa shape index (κ1) is 36.6. The maximum Gasteiger partial charge on any atom is 0.265 e. The van der Waals surface area contributed by atoms with Gasteiger partial charge in [-0.25, -0.2) is 8.42 Å². The maximum absolute atomic E-state index is 14.7. The Hall–Kier alpha value is -5.23. The summed E-state index contributed by atoms with van der Waals surface area (Å²) in [6.45, 7) is 1.74. The van der Waals surface area contributed by atoms with Crippen LogP contribution in [0.4, 0.5) is 5.69 Å². The van der Waals surface area contributed by atoms with E-state index >= 15 is 0 Å². The topological polar surface area (TPSA) is 124 Å². The van der Waals surface area contributed by atoms with Crippen molar-refractivity contribution in [3.63, 3.8) is 0 Å². The lowest BCUT2D eigenvalue weighted by Crippen LogP contribution is -2.53. The van der Waals surface area contributed by atoms with Crippen LogP contribution in [0.2, 0.25) is 0 Å². The quantitative estimate of drug-likeness (QED) is 0.163. The van der Waals surface area contributed by atoms with Gasteiger partial charge in [0.15, 0.2) is 11.5 Å². The van der Waals surface area contributed by atoms with Gasteiger partial charge >= 0.3 is 0 Å². The van der Waals surface area contributed by atoms with Crippen LogP contribution in [-0.4, -0.2) is 72.7 Å². The van der Waals surface area contributed by atoms with Crippen LogP contribution in [0.15, 0.2) is 102 Å². The second-order valence-corrected chi connectivity index (χ2v) is 12.9. The lowest BCUT2D eigenvalue weighted by molar-refractivity contribution is -0.140. The van der Waals surface area contributed by atoms with Gasteiger partial charge in [-0.3, -0.25) is 13.9 Å². The van der Waals surface area contributed by atoms with E-state index in [1.54, 1.807) is 12.1 Å². The number of sulfonamides is 1. The fraction of sp³-hybridized carbons (Fsp3) is 0.297. The highest BCUT2D eigenvalue weighted by Crippen LogP contribution is 2.38. The highest BCUT2D eigenvalue weighted by molar-refractivity contribution is 7.92. The van der Waals surface area contributed by atoms with E-state index in [-0.39, 0.29) is 41.0 Å². The third-order valence-corrected chi connectivity index (χ3v) is 9.65. The van der Waals surface area contributed by atoms with E-state index in [0.29, 0.717) is 24.5 Å². The molecule has 0 saturated heterocycles. The zero-order valence-corrected chi connectivity index (χ0v) is 29.2. The van der Waals surface area contributed by atoms with E-state index in [1.165, 1.54) is 57.6 Å². The van der Waals surface area contributed by atoms with Crippen molar-refractivity contribution in [2.24, 2.45) is 0 Å². The summed E-state index contributed by atoms with van der Waals surface area (Å²) >= 11 is 0. The molecule has 0 fully saturated rings. The summed E-state index contributed by atoms with van der Waals surface area (Å²) in [6.07, 6.45) is 0.906. The van der Waals surface area contributed by atoms with Gasteiger partial charge in [-0.1, -0.05) is 67.6 Å². The molecule has 4 aromatic rings. The van der Waals surface area contributed by atoms with Crippen molar-refractivity contribution in [3.8, 4) is 23.0 Å². The number of nitrogens with zero attached hydrogens (tertiary/aromatic N) is 2. The van der Waals surface area contributed by atoms with Gasteiger partial charge in [-0.2, -0.15) is 0 Å². The first-order valence-electron chi connectivity index (χ1n) is 15.8. The van der Waals surface area contributed by atoms with Gasteiger partial charge in [0, 0.05) is 31.6 Å². The number of methoxy groups -OCH3 is 4. The van der Waals surface area contributed by atoms with Crippen LogP contribution in [0.5, 0.6) is 23.0 Å². The number of carbonyl (C=O) groups is 2. The maximum atomic E-state index is 14.7. The molecule has 12 heteroatoms. The largest absolute Gasteiger partial charge is 0.497 e. The molecule has 0 heterocycles. The van der Waals surface area contributed by atoms with Crippen molar-refractivity contribution < 1.29 is 37.0 Å². The minimum absolute atomic E-state index is 0.0518. The molecule has 260 valence electrons. The molecule has 0 bridgehead atoms. The van der Waals surface area contributed by atoms with Gasteiger partial charge < -0.3 is 29.2 Å². The smallest absolute Gasteiger partial charge is 0.265 e. The molecule has 1 atom stereocenters. The van der Waals surface area contributed by atoms with Crippen molar-refractivity contribution in [1.82, 2.24) is 10.2 Å². The van der Waals surface area contributed by atoms with Crippen LogP contribution >= 0.6 is 0 Å². The Balaban J connectivity index is 1.88. The summed E-state index contributed by atoms with van der Waals surface area (Å²) in [4.78, 5) is 29.8. The molecule has 0 aliphatic rings. The van der Waals surface area contributed by atoms with E-state index in [0.717, 1.165) is 15.4 Å². The molecule has 0 spiro atoms. The van der Waals surface area contributed by atoms with Crippen LogP contribution < -0.4 is 28.6 Å². The minimum atomic E-state index is -4.48. The van der Waals surface area contributed by atoms with Crippen LogP contribution in [0.1, 0.15) is 24.5 Å². The number of amides is 2. The summed E-state index contributed by atoms with van der Waals surface area (Å²) in [5, 5.41) is 2.94. The van der Waals surface area contributed by atoms with Crippen molar-refractivity contribution in [3.05, 3.63) is 108 Å². The minimum Gasteiger partial charge on any atom is -0.497 e. The average Bonchev–Trinajstić information content (AvgIpc) is 3.14. The molecule has 4 aromatic carbocycles. The van der Waals surface area contributed by atoms with E-state index in [2.05, 4.69) is 5.32 Å². The standard InChI is InChI=1S/C37H43N3O8S/c1-6-21-38-37(42)32(22-27-13-9-7-10-14-27)39(25-28-15-11-8-12-16-28)36(41)26-40(31-23-29(45-2)17-19-33(31)46-3)49(43,44)30-18-20-34(47-4)35(24-30)48-5/h7-20,23-24,32H,6,21-22,25-26H2,1-5H3,(H,38,42). The highest BCUT2D eigenvalue weighted by Gasteiger charge is 2.36. The lowest BCUT2D eigenvalue weighted by Gasteiger charge is -2.34. The third-order valence-electron chi connectivity index (χ3n) is 7.89. The molecule has 4 rings (SSSR count). The second kappa shape index (κ2) is 17.3. The average molecular weight is 690 g/mol. The molecule has 1 N–H and O–H groups in total. The molecule has 1 unspecified atom stereocenters. The van der Waals surface area contributed by atoms with E-state index < -0.39 is 28.5 Å². The SMILES string of the molecule is CCCNC(=O)C(Cc1ccccc1)N(Cc1ccccc1)C(=O)CN(c1cc(OC)ccc1OC)S(=O)(=O)c1ccc(OC)c(OC)c1. The van der Waals surface area contributed by atoms with Crippen molar-refractivity contribution >= 4 is 27.5 Å². The molecule has 0 aromatic heterocycles. The van der Waals surface area contributed by atoms with E-state index in [9.17, 15) is 18.0 Å². The molecule has 0 aliphatic carbocycles. The highest BCUT2D eigenvalue weighted by atomic mass is 32.2. The van der Waals surface area contributed by atoms with Gasteiger partial charge in [0.1, 0.15) is 24.1 Å². The van der Waals surface area contributed by atoms with Crippen LogP contribution in [0, 0.1) is 0 Å². The van der Waals surface area contributed by atoms with Gasteiger partial charge in [-0.05, 0) is 41.8 Å². The number of anilines is 1. The predicted molar refractivity (Wildman–Crippen MR) is 188 cm³/mol. The molecule has 49 heavy (non-hydrogen) atoms. The van der Waals surface area contributed by atoms with Crippen LogP contribution in [0.3, 0.4) is 0 Å². The predicted octanol–water partition coefficient (Wildman–Crippen LogP) is 5.08. The van der Waals surface area contributed by atoms with Crippen LogP contribution in [0.25, 0.3) is 0 Å². The van der Waals surface area contributed by atoms with Crippen molar-refractivity contribution in [2.75, 3.05) is 45.8 Å². The molecule has 0 aliphatic heterocycles. The number of nitrogens with one attached hydrogen (secondary N) is 1. The summed E-state index contributed by atoms with van der Waals surface area (Å²) < 4.78 is 51.9. The number of carbonyl (C=O) groups excluding carboxylic acids is 2. The van der Waals surface area contributed by atoms with E-state index in [1.807, 2.05) is 67.6 Å². The number of hydrogen-bond acceptors (Lipinski definition) is 8. The van der Waals surface area contributed by atoms with Gasteiger partial charge in [0.25, 0.3) is 10.0 Å². The molecule has 0 saturated carbocycles. The van der Waals surface area contributed by atoms with Crippen molar-refractivity contribution in [2.45, 2.75) is 37.2 Å². The first-order valence-corrected chi connectivity index (χ1v) is 17.2. The zero-order valence-electron chi connectivity index (χ0n) is 28.4. The Morgan fingerprint density at radius 1 is 0.735 bits per heavy atom. The monoisotopic (exact) mass is 689 g/mol. The number of ether oxygens (including phenoxy) is 4. The Kier molecular flexibility index (Phi) is 12.9. The lowest BCUT2D eigenvalue weighted by atomic mass is 10.0. The normalized spacial score (nSPS) is 11.6. The Bertz CT molecular complexity index is 1800. The molecular weight excluding hydrogens is 646 g/mol. The molecular formula is C37H43N3O8S. The second-order valence-electron chi connectivity index (χ2n) is 11.1. The summed E-state index contributed by atoms with van der Waals surface area (Å²) in [6, 6.07) is 26.5. The third kappa shape index (κ3) is 9.02. The molecule has 2 amide bonds. The fourth-order valence-corrected chi connectivity index (χ4v) is 6.74. The van der Waals surface area contributed by atoms with Gasteiger partial charge in [-0.15, -0.1) is 0 Å². The summed E-state index contributed by atoms with van der Waals surface area (Å²) in [5.74, 6) is 0.104. The van der Waals surface area contributed by atoms with E-state index in [4.69, 9.17) is 18.9 Å². The number of rotatable bonds is 17. The molecule has 11 nitrogen and oxygen atoms in total. The summed E-state index contributed by atoms with van der Waals surface area (Å²) in [7, 11) is 1.23. The Morgan fingerprint density at radius 2 is 1.35 bits per heavy atom.